The molecular weight excluding hydrogens is 232 g/mol. The third-order valence-corrected chi connectivity index (χ3v) is 4.49. The number of rotatable bonds is 3. The third kappa shape index (κ3) is 3.43. The summed E-state index contributed by atoms with van der Waals surface area (Å²) in [4.78, 5) is 12.8. The lowest BCUT2D eigenvalue weighted by molar-refractivity contribution is -0.128. The van der Waals surface area contributed by atoms with E-state index in [9.17, 15) is 13.2 Å². The number of aliphatic hydroxyl groups is 1. The molecule has 1 aliphatic heterocycles. The molecule has 0 unspecified atom stereocenters. The van der Waals surface area contributed by atoms with Crippen LogP contribution in [0.3, 0.4) is 0 Å². The molecule has 7 heteroatoms. The molecule has 1 heterocycles. The fraction of sp³-hybridized carbons (Fsp3) is 0.889. The highest BCUT2D eigenvalue weighted by molar-refractivity contribution is 7.89. The van der Waals surface area contributed by atoms with Crippen LogP contribution in [0.25, 0.3) is 0 Å². The Hall–Kier alpha value is -0.660. The Morgan fingerprint density at radius 2 is 1.94 bits per heavy atom. The third-order valence-electron chi connectivity index (χ3n) is 2.64. The van der Waals surface area contributed by atoms with Crippen LogP contribution in [0.4, 0.5) is 0 Å². The van der Waals surface area contributed by atoms with Crippen LogP contribution in [0, 0.1) is 0 Å². The average Bonchev–Trinajstić information content (AvgIpc) is 2.42. The van der Waals surface area contributed by atoms with Gasteiger partial charge in [-0.25, -0.2) is 12.7 Å². The summed E-state index contributed by atoms with van der Waals surface area (Å²) >= 11 is 0. The van der Waals surface area contributed by atoms with Crippen LogP contribution in [0.15, 0.2) is 0 Å². The first-order chi connectivity index (χ1) is 7.47. The Kier molecular flexibility index (Phi) is 4.69. The largest absolute Gasteiger partial charge is 0.395 e. The summed E-state index contributed by atoms with van der Waals surface area (Å²) in [5, 5.41) is 8.67. The summed E-state index contributed by atoms with van der Waals surface area (Å²) < 4.78 is 24.7. The zero-order valence-electron chi connectivity index (χ0n) is 9.42. The fourth-order valence-electron chi connectivity index (χ4n) is 1.73. The molecule has 0 aliphatic carbocycles. The van der Waals surface area contributed by atoms with Crippen molar-refractivity contribution in [2.45, 2.75) is 13.3 Å². The van der Waals surface area contributed by atoms with E-state index in [4.69, 9.17) is 5.11 Å². The summed E-state index contributed by atoms with van der Waals surface area (Å²) in [5.74, 6) is -0.269. The number of aliphatic hydroxyl groups excluding tert-OH is 1. The normalized spacial score (nSPS) is 19.5. The molecule has 0 radical (unpaired) electrons. The maximum atomic E-state index is 11.7. The van der Waals surface area contributed by atoms with Gasteiger partial charge >= 0.3 is 0 Å². The molecule has 1 amide bonds. The monoisotopic (exact) mass is 250 g/mol. The Morgan fingerprint density at radius 3 is 2.50 bits per heavy atom. The van der Waals surface area contributed by atoms with E-state index in [1.165, 1.54) is 11.2 Å². The van der Waals surface area contributed by atoms with Gasteiger partial charge in [-0.15, -0.1) is 0 Å². The number of sulfonamides is 1. The topological polar surface area (TPSA) is 77.9 Å². The molecule has 1 saturated heterocycles. The number of carbonyl (C=O) groups excluding carboxylic acids is 1. The van der Waals surface area contributed by atoms with Crippen molar-refractivity contribution in [1.82, 2.24) is 9.21 Å². The first-order valence-corrected chi connectivity index (χ1v) is 6.92. The van der Waals surface area contributed by atoms with E-state index >= 15 is 0 Å². The fourth-order valence-corrected chi connectivity index (χ4v) is 2.99. The zero-order valence-corrected chi connectivity index (χ0v) is 10.2. The van der Waals surface area contributed by atoms with E-state index in [0.29, 0.717) is 32.6 Å². The van der Waals surface area contributed by atoms with Gasteiger partial charge in [-0.2, -0.15) is 0 Å². The van der Waals surface area contributed by atoms with Crippen molar-refractivity contribution in [1.29, 1.82) is 0 Å². The van der Waals surface area contributed by atoms with E-state index in [1.54, 1.807) is 4.90 Å². The minimum atomic E-state index is -3.36. The van der Waals surface area contributed by atoms with Gasteiger partial charge in [0.05, 0.1) is 12.4 Å². The van der Waals surface area contributed by atoms with E-state index < -0.39 is 10.0 Å². The van der Waals surface area contributed by atoms with Crippen molar-refractivity contribution < 1.29 is 18.3 Å². The molecule has 16 heavy (non-hydrogen) atoms. The molecule has 0 aromatic heterocycles. The quantitative estimate of drug-likeness (QED) is 0.687. The van der Waals surface area contributed by atoms with Gasteiger partial charge in [0.2, 0.25) is 15.9 Å². The molecular formula is C9H18N2O4S. The number of amides is 1. The average molecular weight is 250 g/mol. The standard InChI is InChI=1S/C9H18N2O4S/c1-9(13)10-3-2-4-11(6-5-10)16(14,15)8-7-12/h12H,2-8H2,1H3. The molecule has 0 aromatic rings. The number of nitrogens with zero attached hydrogens (tertiary/aromatic N) is 2. The smallest absolute Gasteiger partial charge is 0.219 e. The second kappa shape index (κ2) is 5.60. The molecule has 0 atom stereocenters. The number of hydrogen-bond acceptors (Lipinski definition) is 4. The van der Waals surface area contributed by atoms with Crippen LogP contribution >= 0.6 is 0 Å². The van der Waals surface area contributed by atoms with Crippen LogP contribution in [0.2, 0.25) is 0 Å². The Labute approximate surface area is 95.9 Å². The van der Waals surface area contributed by atoms with Crippen LogP contribution in [0.5, 0.6) is 0 Å². The first kappa shape index (κ1) is 13.4. The summed E-state index contributed by atoms with van der Waals surface area (Å²) in [6, 6.07) is 0. The second-order valence-corrected chi connectivity index (χ2v) is 5.89. The van der Waals surface area contributed by atoms with Gasteiger partial charge in [0.15, 0.2) is 0 Å². The van der Waals surface area contributed by atoms with Crippen LogP contribution in [-0.2, 0) is 14.8 Å². The molecule has 1 fully saturated rings. The Morgan fingerprint density at radius 1 is 1.25 bits per heavy atom. The van der Waals surface area contributed by atoms with Gasteiger partial charge < -0.3 is 10.0 Å². The molecule has 94 valence electrons. The first-order valence-electron chi connectivity index (χ1n) is 5.31. The van der Waals surface area contributed by atoms with Gasteiger partial charge in [-0.1, -0.05) is 0 Å². The van der Waals surface area contributed by atoms with Crippen molar-refractivity contribution in [2.75, 3.05) is 38.5 Å². The summed E-state index contributed by atoms with van der Waals surface area (Å²) in [5.41, 5.74) is 0. The molecule has 1 aliphatic rings. The predicted molar refractivity (Wildman–Crippen MR) is 59.3 cm³/mol. The summed E-state index contributed by atoms with van der Waals surface area (Å²) in [7, 11) is -3.36. The van der Waals surface area contributed by atoms with Crippen molar-refractivity contribution in [3.63, 3.8) is 0 Å². The van der Waals surface area contributed by atoms with E-state index in [0.717, 1.165) is 0 Å². The molecule has 0 spiro atoms. The van der Waals surface area contributed by atoms with Gasteiger partial charge in [0.1, 0.15) is 0 Å². The summed E-state index contributed by atoms with van der Waals surface area (Å²) in [6.07, 6.45) is 0.643. The van der Waals surface area contributed by atoms with Crippen molar-refractivity contribution >= 4 is 15.9 Å². The maximum absolute atomic E-state index is 11.7. The predicted octanol–water partition coefficient (Wildman–Crippen LogP) is -1.14. The molecule has 1 N–H and O–H groups in total. The van der Waals surface area contributed by atoms with E-state index in [-0.39, 0.29) is 18.3 Å². The van der Waals surface area contributed by atoms with Gasteiger partial charge in [0, 0.05) is 33.1 Å². The van der Waals surface area contributed by atoms with Crippen LogP contribution in [-0.4, -0.2) is 67.2 Å². The zero-order chi connectivity index (χ0) is 12.2. The second-order valence-electron chi connectivity index (χ2n) is 3.80. The highest BCUT2D eigenvalue weighted by Crippen LogP contribution is 2.08. The highest BCUT2D eigenvalue weighted by atomic mass is 32.2. The van der Waals surface area contributed by atoms with Crippen molar-refractivity contribution in [3.05, 3.63) is 0 Å². The molecule has 0 aromatic carbocycles. The van der Waals surface area contributed by atoms with Crippen molar-refractivity contribution in [3.8, 4) is 0 Å². The molecule has 0 saturated carbocycles. The van der Waals surface area contributed by atoms with Gasteiger partial charge in [-0.3, -0.25) is 4.79 Å². The maximum Gasteiger partial charge on any atom is 0.219 e. The number of carbonyl (C=O) groups is 1. The lowest BCUT2D eigenvalue weighted by atomic mass is 10.4. The lowest BCUT2D eigenvalue weighted by Gasteiger charge is -2.20. The molecule has 1 rings (SSSR count). The number of hydrogen-bond donors (Lipinski definition) is 1. The molecule has 0 bridgehead atoms. The minimum Gasteiger partial charge on any atom is -0.395 e. The van der Waals surface area contributed by atoms with Crippen molar-refractivity contribution in [2.24, 2.45) is 0 Å². The minimum absolute atomic E-state index is 0.0265. The molecule has 6 nitrogen and oxygen atoms in total. The van der Waals surface area contributed by atoms with Crippen LogP contribution < -0.4 is 0 Å². The highest BCUT2D eigenvalue weighted by Gasteiger charge is 2.25. The van der Waals surface area contributed by atoms with E-state index in [2.05, 4.69) is 0 Å². The SMILES string of the molecule is CC(=O)N1CCCN(S(=O)(=O)CCO)CC1. The summed E-state index contributed by atoms with van der Waals surface area (Å²) in [6.45, 7) is 2.89. The van der Waals surface area contributed by atoms with Gasteiger partial charge in [0.25, 0.3) is 0 Å². The van der Waals surface area contributed by atoms with Gasteiger partial charge in [-0.05, 0) is 6.42 Å². The Bertz CT molecular complexity index is 341. The van der Waals surface area contributed by atoms with E-state index in [1.807, 2.05) is 0 Å². The lowest BCUT2D eigenvalue weighted by Crippen LogP contribution is -2.38. The Balaban J connectivity index is 2.63. The van der Waals surface area contributed by atoms with Crippen LogP contribution in [0.1, 0.15) is 13.3 Å².